The maximum absolute atomic E-state index is 12.9. The second kappa shape index (κ2) is 8.71. The maximum atomic E-state index is 12.9. The van der Waals surface area contributed by atoms with Gasteiger partial charge in [-0.1, -0.05) is 57.2 Å². The van der Waals surface area contributed by atoms with Gasteiger partial charge in [0.25, 0.3) is 0 Å². The van der Waals surface area contributed by atoms with E-state index in [4.69, 9.17) is 4.74 Å². The molecule has 3 aromatic carbocycles. The summed E-state index contributed by atoms with van der Waals surface area (Å²) in [5, 5.41) is 7.80. The second-order valence-electron chi connectivity index (χ2n) is 8.80. The molecule has 0 unspecified atom stereocenters. The predicted octanol–water partition coefficient (Wildman–Crippen LogP) is 7.28. The van der Waals surface area contributed by atoms with Gasteiger partial charge in [0.15, 0.2) is 0 Å². The third-order valence-corrected chi connectivity index (χ3v) is 5.36. The highest BCUT2D eigenvalue weighted by Gasteiger charge is 2.16. The number of carbonyl (C=O) groups is 1. The minimum absolute atomic E-state index is 0.00144. The lowest BCUT2D eigenvalue weighted by Gasteiger charge is -2.21. The van der Waals surface area contributed by atoms with Gasteiger partial charge in [0.05, 0.1) is 5.69 Å². The number of carbonyl (C=O) groups excluding carboxylic acids is 1. The standard InChI is InChI=1S/C27H27N3O2/c1-18-9-10-19(27(2,3)4)17-24(18)30-26(31)29-23-11-12-25(22-8-6-5-7-21(22)23)32-20-13-15-28-16-14-20/h5-17H,1-4H3,(H2,29,30,31). The van der Waals surface area contributed by atoms with E-state index in [2.05, 4.69) is 42.5 Å². The van der Waals surface area contributed by atoms with Crippen molar-refractivity contribution >= 4 is 28.2 Å². The van der Waals surface area contributed by atoms with Crippen molar-refractivity contribution in [3.8, 4) is 11.5 Å². The average Bonchev–Trinajstić information content (AvgIpc) is 2.77. The van der Waals surface area contributed by atoms with Crippen molar-refractivity contribution in [1.82, 2.24) is 4.98 Å². The Morgan fingerprint density at radius 1 is 0.844 bits per heavy atom. The number of nitrogens with one attached hydrogen (secondary N) is 2. The van der Waals surface area contributed by atoms with Gasteiger partial charge in [-0.05, 0) is 53.8 Å². The number of fused-ring (bicyclic) bond motifs is 1. The second-order valence-corrected chi connectivity index (χ2v) is 8.80. The third kappa shape index (κ3) is 4.72. The Hall–Kier alpha value is -3.86. The first-order valence-corrected chi connectivity index (χ1v) is 10.6. The van der Waals surface area contributed by atoms with Crippen LogP contribution in [0.25, 0.3) is 10.8 Å². The molecule has 0 saturated heterocycles. The fourth-order valence-corrected chi connectivity index (χ4v) is 3.50. The Balaban J connectivity index is 1.59. The zero-order chi connectivity index (χ0) is 22.7. The normalized spacial score (nSPS) is 11.2. The van der Waals surface area contributed by atoms with Crippen molar-refractivity contribution in [3.63, 3.8) is 0 Å². The van der Waals surface area contributed by atoms with Crippen LogP contribution in [0.15, 0.2) is 79.1 Å². The van der Waals surface area contributed by atoms with Gasteiger partial charge in [-0.25, -0.2) is 4.79 Å². The van der Waals surface area contributed by atoms with E-state index in [1.165, 1.54) is 5.56 Å². The molecular weight excluding hydrogens is 398 g/mol. The van der Waals surface area contributed by atoms with Gasteiger partial charge in [0.2, 0.25) is 0 Å². The molecule has 32 heavy (non-hydrogen) atoms. The van der Waals surface area contributed by atoms with E-state index in [1.807, 2.05) is 67.6 Å². The summed E-state index contributed by atoms with van der Waals surface area (Å²) in [4.78, 5) is 16.9. The number of ether oxygens (including phenoxy) is 1. The molecule has 2 amide bonds. The van der Waals surface area contributed by atoms with Crippen LogP contribution < -0.4 is 15.4 Å². The number of aromatic nitrogens is 1. The molecule has 0 fully saturated rings. The van der Waals surface area contributed by atoms with Crippen LogP contribution in [0.5, 0.6) is 11.5 Å². The molecule has 0 spiro atoms. The number of hydrogen-bond donors (Lipinski definition) is 2. The zero-order valence-corrected chi connectivity index (χ0v) is 18.8. The molecule has 0 saturated carbocycles. The smallest absolute Gasteiger partial charge is 0.323 e. The largest absolute Gasteiger partial charge is 0.457 e. The van der Waals surface area contributed by atoms with Crippen LogP contribution in [-0.4, -0.2) is 11.0 Å². The van der Waals surface area contributed by atoms with E-state index in [1.54, 1.807) is 12.4 Å². The first-order chi connectivity index (χ1) is 15.3. The molecular formula is C27H27N3O2. The van der Waals surface area contributed by atoms with Gasteiger partial charge < -0.3 is 15.4 Å². The van der Waals surface area contributed by atoms with Gasteiger partial charge in [-0.15, -0.1) is 0 Å². The molecule has 2 N–H and O–H groups in total. The molecule has 1 aromatic heterocycles. The molecule has 4 aromatic rings. The number of anilines is 2. The van der Waals surface area contributed by atoms with Crippen molar-refractivity contribution in [2.45, 2.75) is 33.1 Å². The van der Waals surface area contributed by atoms with Crippen molar-refractivity contribution in [2.24, 2.45) is 0 Å². The third-order valence-electron chi connectivity index (χ3n) is 5.36. The molecule has 0 aliphatic carbocycles. The summed E-state index contributed by atoms with van der Waals surface area (Å²) in [6.45, 7) is 8.46. The van der Waals surface area contributed by atoms with E-state index in [0.29, 0.717) is 17.2 Å². The number of benzene rings is 3. The maximum Gasteiger partial charge on any atom is 0.323 e. The number of rotatable bonds is 4. The fourth-order valence-electron chi connectivity index (χ4n) is 3.50. The Morgan fingerprint density at radius 3 is 2.25 bits per heavy atom. The molecule has 4 rings (SSSR count). The molecule has 5 nitrogen and oxygen atoms in total. The van der Waals surface area contributed by atoms with Crippen molar-refractivity contribution in [3.05, 3.63) is 90.3 Å². The lowest BCUT2D eigenvalue weighted by molar-refractivity contribution is 0.262. The summed E-state index contributed by atoms with van der Waals surface area (Å²) in [5.74, 6) is 1.42. The van der Waals surface area contributed by atoms with Crippen LogP contribution in [0.3, 0.4) is 0 Å². The number of amides is 2. The summed E-state index contributed by atoms with van der Waals surface area (Å²) < 4.78 is 6.04. The average molecular weight is 426 g/mol. The summed E-state index contributed by atoms with van der Waals surface area (Å²) in [6, 6.07) is 21.1. The van der Waals surface area contributed by atoms with Gasteiger partial charge in [-0.3, -0.25) is 4.98 Å². The summed E-state index contributed by atoms with van der Waals surface area (Å²) in [7, 11) is 0. The lowest BCUT2D eigenvalue weighted by atomic mass is 9.86. The van der Waals surface area contributed by atoms with Gasteiger partial charge in [0.1, 0.15) is 11.5 Å². The summed E-state index contributed by atoms with van der Waals surface area (Å²) in [5.41, 5.74) is 3.70. The quantitative estimate of drug-likeness (QED) is 0.361. The number of urea groups is 1. The van der Waals surface area contributed by atoms with E-state index < -0.39 is 0 Å². The highest BCUT2D eigenvalue weighted by atomic mass is 16.5. The molecule has 162 valence electrons. The topological polar surface area (TPSA) is 63.2 Å². The number of aryl methyl sites for hydroxylation is 1. The summed E-state index contributed by atoms with van der Waals surface area (Å²) in [6.07, 6.45) is 3.38. The van der Waals surface area contributed by atoms with E-state index >= 15 is 0 Å². The molecule has 0 radical (unpaired) electrons. The number of nitrogens with zero attached hydrogens (tertiary/aromatic N) is 1. The minimum atomic E-state index is -0.285. The van der Waals surface area contributed by atoms with Crippen LogP contribution in [0.2, 0.25) is 0 Å². The molecule has 0 atom stereocenters. The SMILES string of the molecule is Cc1ccc(C(C)(C)C)cc1NC(=O)Nc1ccc(Oc2ccncc2)c2ccccc12. The van der Waals surface area contributed by atoms with E-state index in [-0.39, 0.29) is 11.4 Å². The Bertz CT molecular complexity index is 1260. The molecule has 1 heterocycles. The zero-order valence-electron chi connectivity index (χ0n) is 18.8. The monoisotopic (exact) mass is 425 g/mol. The Labute approximate surface area is 188 Å². The van der Waals surface area contributed by atoms with Crippen LogP contribution in [0.4, 0.5) is 16.2 Å². The van der Waals surface area contributed by atoms with E-state index in [0.717, 1.165) is 22.0 Å². The predicted molar refractivity (Wildman–Crippen MR) is 131 cm³/mol. The van der Waals surface area contributed by atoms with Gasteiger partial charge in [0, 0.05) is 28.9 Å². The fraction of sp³-hybridized carbons (Fsp3) is 0.185. The minimum Gasteiger partial charge on any atom is -0.457 e. The number of pyridine rings is 1. The first-order valence-electron chi connectivity index (χ1n) is 10.6. The molecule has 5 heteroatoms. The van der Waals surface area contributed by atoms with Gasteiger partial charge in [-0.2, -0.15) is 0 Å². The van der Waals surface area contributed by atoms with Crippen molar-refractivity contribution in [2.75, 3.05) is 10.6 Å². The molecule has 0 bridgehead atoms. The van der Waals surface area contributed by atoms with Gasteiger partial charge >= 0.3 is 6.03 Å². The van der Waals surface area contributed by atoms with Crippen molar-refractivity contribution < 1.29 is 9.53 Å². The van der Waals surface area contributed by atoms with Crippen LogP contribution in [-0.2, 0) is 5.41 Å². The first kappa shape index (κ1) is 21.4. The van der Waals surface area contributed by atoms with Crippen molar-refractivity contribution in [1.29, 1.82) is 0 Å². The number of hydrogen-bond acceptors (Lipinski definition) is 3. The van der Waals surface area contributed by atoms with Crippen LogP contribution in [0.1, 0.15) is 31.9 Å². The molecule has 0 aliphatic rings. The molecule has 0 aliphatic heterocycles. The summed E-state index contributed by atoms with van der Waals surface area (Å²) >= 11 is 0. The highest BCUT2D eigenvalue weighted by Crippen LogP contribution is 2.34. The Morgan fingerprint density at radius 2 is 1.53 bits per heavy atom. The lowest BCUT2D eigenvalue weighted by Crippen LogP contribution is -2.21. The van der Waals surface area contributed by atoms with Crippen LogP contribution >= 0.6 is 0 Å². The van der Waals surface area contributed by atoms with E-state index in [9.17, 15) is 4.79 Å². The Kier molecular flexibility index (Phi) is 5.82. The highest BCUT2D eigenvalue weighted by molar-refractivity contribution is 6.07. The van der Waals surface area contributed by atoms with Crippen LogP contribution in [0, 0.1) is 6.92 Å².